The summed E-state index contributed by atoms with van der Waals surface area (Å²) < 4.78 is 32.7. The van der Waals surface area contributed by atoms with Gasteiger partial charge in [0.2, 0.25) is 0 Å². The van der Waals surface area contributed by atoms with Crippen LogP contribution < -0.4 is 0 Å². The van der Waals surface area contributed by atoms with Crippen molar-refractivity contribution in [1.29, 1.82) is 0 Å². The monoisotopic (exact) mass is 333 g/mol. The van der Waals surface area contributed by atoms with Crippen LogP contribution in [0.1, 0.15) is 29.1 Å². The largest absolute Gasteiger partial charge is 0.451 e. The third-order valence-electron chi connectivity index (χ3n) is 3.59. The lowest BCUT2D eigenvalue weighted by Crippen LogP contribution is -2.01. The topological polar surface area (TPSA) is 64.1 Å². The van der Waals surface area contributed by atoms with E-state index >= 15 is 0 Å². The van der Waals surface area contributed by atoms with Crippen LogP contribution in [0.5, 0.6) is 0 Å². The van der Waals surface area contributed by atoms with Crippen LogP contribution in [0.3, 0.4) is 0 Å². The number of furan rings is 1. The third-order valence-corrected chi connectivity index (χ3v) is 3.59. The molecule has 126 valence electrons. The molecule has 0 saturated carbocycles. The van der Waals surface area contributed by atoms with Crippen LogP contribution in [-0.4, -0.2) is 26.5 Å². The van der Waals surface area contributed by atoms with Gasteiger partial charge in [-0.05, 0) is 43.2 Å². The molecule has 0 aliphatic carbocycles. The van der Waals surface area contributed by atoms with E-state index in [4.69, 9.17) is 9.52 Å². The van der Waals surface area contributed by atoms with E-state index in [1.807, 2.05) is 31.2 Å². The third kappa shape index (κ3) is 3.07. The van der Waals surface area contributed by atoms with Crippen molar-refractivity contribution in [3.63, 3.8) is 0 Å². The number of hydrogen-bond acceptors (Lipinski definition) is 4. The first kappa shape index (κ1) is 16.3. The minimum absolute atomic E-state index is 0.101. The molecular formula is C17H17F2N3O2. The van der Waals surface area contributed by atoms with E-state index in [0.717, 1.165) is 11.3 Å². The van der Waals surface area contributed by atoms with Crippen molar-refractivity contribution < 1.29 is 18.3 Å². The van der Waals surface area contributed by atoms with Crippen LogP contribution in [0.4, 0.5) is 8.78 Å². The van der Waals surface area contributed by atoms with Crippen LogP contribution in [0.15, 0.2) is 34.7 Å². The van der Waals surface area contributed by atoms with Crippen molar-refractivity contribution in [2.45, 2.75) is 26.7 Å². The second-order valence-corrected chi connectivity index (χ2v) is 5.54. The van der Waals surface area contributed by atoms with Crippen LogP contribution >= 0.6 is 0 Å². The van der Waals surface area contributed by atoms with Gasteiger partial charge in [-0.1, -0.05) is 12.1 Å². The highest BCUT2D eigenvalue weighted by Gasteiger charge is 2.22. The van der Waals surface area contributed by atoms with Crippen molar-refractivity contribution in [3.8, 4) is 17.3 Å². The lowest BCUT2D eigenvalue weighted by molar-refractivity contribution is 0.122. The Morgan fingerprint density at radius 2 is 2.04 bits per heavy atom. The number of aryl methyl sites for hydroxylation is 2. The first-order valence-corrected chi connectivity index (χ1v) is 7.52. The maximum Gasteiger partial charge on any atom is 0.295 e. The summed E-state index contributed by atoms with van der Waals surface area (Å²) in [5, 5.41) is 13.5. The molecule has 3 aromatic rings. The molecule has 0 amide bonds. The Hall–Kier alpha value is -2.54. The summed E-state index contributed by atoms with van der Waals surface area (Å²) in [6.07, 6.45) is -2.42. The number of rotatable bonds is 5. The second kappa shape index (κ2) is 6.52. The fourth-order valence-electron chi connectivity index (χ4n) is 2.48. The highest BCUT2D eigenvalue weighted by molar-refractivity contribution is 5.57. The van der Waals surface area contributed by atoms with Gasteiger partial charge in [-0.2, -0.15) is 5.10 Å². The minimum Gasteiger partial charge on any atom is -0.451 e. The Bertz CT molecular complexity index is 855. The maximum absolute atomic E-state index is 12.9. The molecule has 0 saturated heterocycles. The molecule has 2 heterocycles. The zero-order valence-electron chi connectivity index (χ0n) is 13.3. The molecule has 1 aromatic carbocycles. The molecule has 3 rings (SSSR count). The summed E-state index contributed by atoms with van der Waals surface area (Å²) in [5.41, 5.74) is 2.33. The van der Waals surface area contributed by atoms with E-state index in [9.17, 15) is 8.78 Å². The second-order valence-electron chi connectivity index (χ2n) is 5.54. The molecule has 2 aromatic heterocycles. The predicted molar refractivity (Wildman–Crippen MR) is 84.3 cm³/mol. The van der Waals surface area contributed by atoms with Crippen molar-refractivity contribution in [3.05, 3.63) is 53.0 Å². The van der Waals surface area contributed by atoms with Gasteiger partial charge in [0.15, 0.2) is 23.2 Å². The van der Waals surface area contributed by atoms with Crippen LogP contribution in [0.25, 0.3) is 17.3 Å². The number of aliphatic hydroxyl groups excluding tert-OH is 1. The van der Waals surface area contributed by atoms with Gasteiger partial charge in [0, 0.05) is 6.42 Å². The quantitative estimate of drug-likeness (QED) is 0.774. The Morgan fingerprint density at radius 3 is 2.67 bits per heavy atom. The Balaban J connectivity index is 2.16. The Labute approximate surface area is 137 Å². The van der Waals surface area contributed by atoms with E-state index in [0.29, 0.717) is 17.2 Å². The van der Waals surface area contributed by atoms with Crippen LogP contribution in [0.2, 0.25) is 0 Å². The molecule has 5 nitrogen and oxygen atoms in total. The molecule has 1 N–H and O–H groups in total. The summed E-state index contributed by atoms with van der Waals surface area (Å²) >= 11 is 0. The molecule has 24 heavy (non-hydrogen) atoms. The summed E-state index contributed by atoms with van der Waals surface area (Å²) in [6, 6.07) is 8.89. The molecule has 0 spiro atoms. The van der Waals surface area contributed by atoms with Gasteiger partial charge in [-0.25, -0.2) is 18.4 Å². The normalized spacial score (nSPS) is 11.4. The highest BCUT2D eigenvalue weighted by atomic mass is 19.3. The molecular weight excluding hydrogens is 316 g/mol. The number of aliphatic hydroxyl groups is 1. The van der Waals surface area contributed by atoms with Crippen molar-refractivity contribution >= 4 is 0 Å². The van der Waals surface area contributed by atoms with E-state index in [-0.39, 0.29) is 18.8 Å². The maximum atomic E-state index is 12.9. The Morgan fingerprint density at radius 1 is 1.25 bits per heavy atom. The first-order chi connectivity index (χ1) is 11.5. The summed E-state index contributed by atoms with van der Waals surface area (Å²) in [5.74, 6) is 0.616. The minimum atomic E-state index is -2.69. The molecule has 0 atom stereocenters. The molecule has 0 fully saturated rings. The average molecular weight is 333 g/mol. The fourth-order valence-corrected chi connectivity index (χ4v) is 2.48. The van der Waals surface area contributed by atoms with E-state index < -0.39 is 12.2 Å². The number of halogens is 2. The lowest BCUT2D eigenvalue weighted by atomic mass is 10.2. The SMILES string of the molecule is Cc1cccc(-n2nc(CCO)nc2-c2oc(C(F)F)cc2C)c1. The van der Waals surface area contributed by atoms with E-state index in [1.54, 1.807) is 11.6 Å². The molecule has 0 aliphatic heterocycles. The number of aromatic nitrogens is 3. The molecule has 0 bridgehead atoms. The van der Waals surface area contributed by atoms with Crippen molar-refractivity contribution in [2.24, 2.45) is 0 Å². The summed E-state index contributed by atoms with van der Waals surface area (Å²) in [4.78, 5) is 4.36. The van der Waals surface area contributed by atoms with Gasteiger partial charge in [0.1, 0.15) is 0 Å². The average Bonchev–Trinajstić information content (AvgIpc) is 3.11. The van der Waals surface area contributed by atoms with Crippen molar-refractivity contribution in [1.82, 2.24) is 14.8 Å². The number of alkyl halides is 2. The molecule has 0 aliphatic rings. The van der Waals surface area contributed by atoms with Gasteiger partial charge >= 0.3 is 0 Å². The standard InChI is InChI=1S/C17H17F2N3O2/c1-10-4-3-5-12(8-10)22-17(20-14(21-22)6-7-23)15-11(2)9-13(24-15)16(18)19/h3-5,8-9,16,23H,6-7H2,1-2H3. The van der Waals surface area contributed by atoms with Crippen molar-refractivity contribution in [2.75, 3.05) is 6.61 Å². The van der Waals surface area contributed by atoms with E-state index in [1.165, 1.54) is 6.07 Å². The van der Waals surface area contributed by atoms with Gasteiger partial charge < -0.3 is 9.52 Å². The summed E-state index contributed by atoms with van der Waals surface area (Å²) in [6.45, 7) is 3.53. The highest BCUT2D eigenvalue weighted by Crippen LogP contribution is 2.31. The predicted octanol–water partition coefficient (Wildman–Crippen LogP) is 3.62. The van der Waals surface area contributed by atoms with Gasteiger partial charge in [-0.3, -0.25) is 0 Å². The molecule has 0 radical (unpaired) electrons. The number of benzene rings is 1. The van der Waals surface area contributed by atoms with Crippen LogP contribution in [-0.2, 0) is 6.42 Å². The summed E-state index contributed by atoms with van der Waals surface area (Å²) in [7, 11) is 0. The Kier molecular flexibility index (Phi) is 4.44. The molecule has 7 heteroatoms. The molecule has 0 unspecified atom stereocenters. The van der Waals surface area contributed by atoms with Gasteiger partial charge in [-0.15, -0.1) is 0 Å². The lowest BCUT2D eigenvalue weighted by Gasteiger charge is -2.05. The smallest absolute Gasteiger partial charge is 0.295 e. The number of hydrogen-bond donors (Lipinski definition) is 1. The number of nitrogens with zero attached hydrogens (tertiary/aromatic N) is 3. The first-order valence-electron chi connectivity index (χ1n) is 7.52. The van der Waals surface area contributed by atoms with Crippen LogP contribution in [0, 0.1) is 13.8 Å². The zero-order chi connectivity index (χ0) is 17.3. The van der Waals surface area contributed by atoms with Gasteiger partial charge in [0.05, 0.1) is 12.3 Å². The van der Waals surface area contributed by atoms with Gasteiger partial charge in [0.25, 0.3) is 6.43 Å². The van der Waals surface area contributed by atoms with E-state index in [2.05, 4.69) is 10.1 Å². The zero-order valence-corrected chi connectivity index (χ0v) is 13.3. The fraction of sp³-hybridized carbons (Fsp3) is 0.294.